The summed E-state index contributed by atoms with van der Waals surface area (Å²) in [6.07, 6.45) is 2.86. The van der Waals surface area contributed by atoms with Gasteiger partial charge < -0.3 is 10.1 Å². The molecule has 0 unspecified atom stereocenters. The highest BCUT2D eigenvalue weighted by atomic mass is 16.5. The first-order valence-corrected chi connectivity index (χ1v) is 5.93. The molecule has 0 radical (unpaired) electrons. The van der Waals surface area contributed by atoms with Crippen LogP contribution in [-0.4, -0.2) is 24.7 Å². The average Bonchev–Trinajstić information content (AvgIpc) is 2.23. The second-order valence-electron chi connectivity index (χ2n) is 4.43. The molecule has 1 heterocycles. The van der Waals surface area contributed by atoms with E-state index in [2.05, 4.69) is 30.2 Å². The highest BCUT2D eigenvalue weighted by molar-refractivity contribution is 5.42. The molecular weight excluding hydrogens is 200 g/mol. The zero-order valence-electron chi connectivity index (χ0n) is 10.5. The number of nitrogens with zero attached hydrogens (tertiary/aromatic N) is 1. The fraction of sp³-hybridized carbons (Fsp3) is 0.615. The Labute approximate surface area is 98.2 Å². The van der Waals surface area contributed by atoms with Gasteiger partial charge in [0.1, 0.15) is 0 Å². The Morgan fingerprint density at radius 3 is 2.94 bits per heavy atom. The van der Waals surface area contributed by atoms with Gasteiger partial charge in [0.05, 0.1) is 0 Å². The number of nitrogens with one attached hydrogen (secondary N) is 1. The first-order chi connectivity index (χ1) is 7.68. The van der Waals surface area contributed by atoms with Crippen LogP contribution in [0.5, 0.6) is 0 Å². The first kappa shape index (κ1) is 13.0. The molecule has 3 nitrogen and oxygen atoms in total. The van der Waals surface area contributed by atoms with Gasteiger partial charge in [-0.15, -0.1) is 0 Å². The van der Waals surface area contributed by atoms with Crippen LogP contribution >= 0.6 is 0 Å². The summed E-state index contributed by atoms with van der Waals surface area (Å²) >= 11 is 0. The summed E-state index contributed by atoms with van der Waals surface area (Å²) < 4.78 is 5.50. The molecule has 1 aromatic heterocycles. The van der Waals surface area contributed by atoms with Crippen LogP contribution in [0.2, 0.25) is 0 Å². The van der Waals surface area contributed by atoms with Crippen LogP contribution < -0.4 is 5.32 Å². The smallest absolute Gasteiger partial charge is 0.0489 e. The SMILES string of the molecule is Cc1cc(NCCCOCC(C)C)ccn1. The molecule has 3 heteroatoms. The van der Waals surface area contributed by atoms with Gasteiger partial charge in [-0.2, -0.15) is 0 Å². The van der Waals surface area contributed by atoms with E-state index in [0.717, 1.165) is 37.6 Å². The summed E-state index contributed by atoms with van der Waals surface area (Å²) in [5.74, 6) is 0.621. The second kappa shape index (κ2) is 7.23. The van der Waals surface area contributed by atoms with E-state index in [4.69, 9.17) is 4.74 Å². The lowest BCUT2D eigenvalue weighted by atomic mass is 10.2. The number of aromatic nitrogens is 1. The highest BCUT2D eigenvalue weighted by Crippen LogP contribution is 2.06. The van der Waals surface area contributed by atoms with Crippen molar-refractivity contribution in [2.24, 2.45) is 5.92 Å². The maximum Gasteiger partial charge on any atom is 0.0489 e. The molecule has 0 atom stereocenters. The minimum Gasteiger partial charge on any atom is -0.385 e. The lowest BCUT2D eigenvalue weighted by molar-refractivity contribution is 0.110. The molecule has 0 aliphatic heterocycles. The Balaban J connectivity index is 2.07. The predicted octanol–water partition coefficient (Wildman–Crippen LogP) is 2.86. The van der Waals surface area contributed by atoms with Gasteiger partial charge in [-0.05, 0) is 31.4 Å². The van der Waals surface area contributed by atoms with Gasteiger partial charge in [-0.1, -0.05) is 13.8 Å². The fourth-order valence-electron chi connectivity index (χ4n) is 1.38. The Morgan fingerprint density at radius 1 is 1.44 bits per heavy atom. The maximum atomic E-state index is 5.50. The van der Waals surface area contributed by atoms with Gasteiger partial charge in [-0.3, -0.25) is 4.98 Å². The van der Waals surface area contributed by atoms with Gasteiger partial charge in [0.25, 0.3) is 0 Å². The molecule has 0 aliphatic rings. The molecule has 0 bridgehead atoms. The van der Waals surface area contributed by atoms with Crippen molar-refractivity contribution in [2.75, 3.05) is 25.1 Å². The number of rotatable bonds is 7. The van der Waals surface area contributed by atoms with Crippen LogP contribution in [0.1, 0.15) is 26.0 Å². The predicted molar refractivity (Wildman–Crippen MR) is 67.7 cm³/mol. The molecule has 0 fully saturated rings. The zero-order valence-corrected chi connectivity index (χ0v) is 10.5. The standard InChI is InChI=1S/C13H22N2O/c1-11(2)10-16-8-4-6-15-13-5-7-14-12(3)9-13/h5,7,9,11H,4,6,8,10H2,1-3H3,(H,14,15). The Kier molecular flexibility index (Phi) is 5.86. The molecule has 1 aromatic rings. The number of hydrogen-bond donors (Lipinski definition) is 1. The van der Waals surface area contributed by atoms with Crippen molar-refractivity contribution in [1.29, 1.82) is 0 Å². The van der Waals surface area contributed by atoms with E-state index in [9.17, 15) is 0 Å². The van der Waals surface area contributed by atoms with Gasteiger partial charge >= 0.3 is 0 Å². The number of ether oxygens (including phenoxy) is 1. The molecule has 16 heavy (non-hydrogen) atoms. The van der Waals surface area contributed by atoms with E-state index in [1.807, 2.05) is 19.2 Å². The van der Waals surface area contributed by atoms with Crippen LogP contribution in [0.15, 0.2) is 18.3 Å². The van der Waals surface area contributed by atoms with Crippen molar-refractivity contribution >= 4 is 5.69 Å². The summed E-state index contributed by atoms with van der Waals surface area (Å²) in [6.45, 7) is 8.96. The van der Waals surface area contributed by atoms with Crippen molar-refractivity contribution in [3.63, 3.8) is 0 Å². The van der Waals surface area contributed by atoms with E-state index in [1.54, 1.807) is 0 Å². The zero-order chi connectivity index (χ0) is 11.8. The summed E-state index contributed by atoms with van der Waals surface area (Å²) in [5, 5.41) is 3.35. The average molecular weight is 222 g/mol. The largest absolute Gasteiger partial charge is 0.385 e. The van der Waals surface area contributed by atoms with E-state index in [-0.39, 0.29) is 0 Å². The molecule has 0 spiro atoms. The number of anilines is 1. The molecule has 1 rings (SSSR count). The van der Waals surface area contributed by atoms with Gasteiger partial charge in [0.2, 0.25) is 0 Å². The molecular formula is C13H22N2O. The molecule has 90 valence electrons. The molecule has 0 amide bonds. The summed E-state index contributed by atoms with van der Waals surface area (Å²) in [5.41, 5.74) is 2.18. The molecule has 0 aliphatic carbocycles. The summed E-state index contributed by atoms with van der Waals surface area (Å²) in [7, 11) is 0. The quantitative estimate of drug-likeness (QED) is 0.720. The van der Waals surface area contributed by atoms with Crippen molar-refractivity contribution in [3.05, 3.63) is 24.0 Å². The van der Waals surface area contributed by atoms with Crippen LogP contribution in [0, 0.1) is 12.8 Å². The third kappa shape index (κ3) is 5.71. The molecule has 0 saturated carbocycles. The van der Waals surface area contributed by atoms with Gasteiger partial charge in [0.15, 0.2) is 0 Å². The van der Waals surface area contributed by atoms with Crippen molar-refractivity contribution in [2.45, 2.75) is 27.2 Å². The third-order valence-corrected chi connectivity index (χ3v) is 2.14. The van der Waals surface area contributed by atoms with E-state index >= 15 is 0 Å². The minimum absolute atomic E-state index is 0.621. The Hall–Kier alpha value is -1.09. The Morgan fingerprint density at radius 2 is 2.25 bits per heavy atom. The van der Waals surface area contributed by atoms with Crippen LogP contribution in [-0.2, 0) is 4.74 Å². The molecule has 0 saturated heterocycles. The fourth-order valence-corrected chi connectivity index (χ4v) is 1.38. The van der Waals surface area contributed by atoms with Crippen LogP contribution in [0.4, 0.5) is 5.69 Å². The first-order valence-electron chi connectivity index (χ1n) is 5.93. The van der Waals surface area contributed by atoms with Gasteiger partial charge in [-0.25, -0.2) is 0 Å². The minimum atomic E-state index is 0.621. The highest BCUT2D eigenvalue weighted by Gasteiger charge is 1.95. The molecule has 0 aromatic carbocycles. The number of pyridine rings is 1. The van der Waals surface area contributed by atoms with Gasteiger partial charge in [0, 0.05) is 37.3 Å². The molecule has 1 N–H and O–H groups in total. The number of aryl methyl sites for hydroxylation is 1. The van der Waals surface area contributed by atoms with E-state index < -0.39 is 0 Å². The normalized spacial score (nSPS) is 10.8. The number of hydrogen-bond acceptors (Lipinski definition) is 3. The van der Waals surface area contributed by atoms with Crippen LogP contribution in [0.25, 0.3) is 0 Å². The van der Waals surface area contributed by atoms with Crippen molar-refractivity contribution in [1.82, 2.24) is 4.98 Å². The summed E-state index contributed by atoms with van der Waals surface area (Å²) in [6, 6.07) is 4.04. The lowest BCUT2D eigenvalue weighted by Crippen LogP contribution is -2.08. The maximum absolute atomic E-state index is 5.50. The Bertz CT molecular complexity index is 300. The monoisotopic (exact) mass is 222 g/mol. The van der Waals surface area contributed by atoms with E-state index in [0.29, 0.717) is 5.92 Å². The van der Waals surface area contributed by atoms with Crippen molar-refractivity contribution in [3.8, 4) is 0 Å². The third-order valence-electron chi connectivity index (χ3n) is 2.14. The lowest BCUT2D eigenvalue weighted by Gasteiger charge is -2.08. The second-order valence-corrected chi connectivity index (χ2v) is 4.43. The van der Waals surface area contributed by atoms with Crippen LogP contribution in [0.3, 0.4) is 0 Å². The summed E-state index contributed by atoms with van der Waals surface area (Å²) in [4.78, 5) is 4.15. The topological polar surface area (TPSA) is 34.1 Å². The van der Waals surface area contributed by atoms with E-state index in [1.165, 1.54) is 0 Å². The van der Waals surface area contributed by atoms with Crippen molar-refractivity contribution < 1.29 is 4.74 Å².